The van der Waals surface area contributed by atoms with E-state index in [1.807, 2.05) is 24.3 Å². The van der Waals surface area contributed by atoms with Crippen LogP contribution in [0.2, 0.25) is 0 Å². The molecule has 2 N–H and O–H groups in total. The van der Waals surface area contributed by atoms with E-state index < -0.39 is 0 Å². The standard InChI is InChI=1S/C16H20N2O2/c1-10(18-20)12-4-6-14(7-5-12)17-16(19)15-9-11-2-3-13(15)8-11/h4-7,11,13,15,20H,2-3,8-9H2,1H3,(H,17,19). The number of nitrogens with one attached hydrogen (secondary N) is 1. The molecular formula is C16H20N2O2. The van der Waals surface area contributed by atoms with Gasteiger partial charge < -0.3 is 10.5 Å². The highest BCUT2D eigenvalue weighted by Crippen LogP contribution is 2.48. The number of hydrogen-bond acceptors (Lipinski definition) is 3. The maximum absolute atomic E-state index is 12.3. The first-order valence-electron chi connectivity index (χ1n) is 7.27. The first-order chi connectivity index (χ1) is 9.67. The molecule has 0 heterocycles. The first-order valence-corrected chi connectivity index (χ1v) is 7.27. The molecule has 0 spiro atoms. The number of benzene rings is 1. The van der Waals surface area contributed by atoms with Gasteiger partial charge in [-0.15, -0.1) is 0 Å². The molecule has 106 valence electrons. The van der Waals surface area contributed by atoms with Crippen LogP contribution in [0.15, 0.2) is 29.4 Å². The summed E-state index contributed by atoms with van der Waals surface area (Å²) in [5, 5.41) is 14.9. The molecule has 0 saturated heterocycles. The van der Waals surface area contributed by atoms with Gasteiger partial charge in [0.1, 0.15) is 0 Å². The number of oxime groups is 1. The van der Waals surface area contributed by atoms with Gasteiger partial charge in [0.2, 0.25) is 5.91 Å². The lowest BCUT2D eigenvalue weighted by atomic mass is 9.88. The number of hydrogen-bond donors (Lipinski definition) is 2. The summed E-state index contributed by atoms with van der Waals surface area (Å²) >= 11 is 0. The van der Waals surface area contributed by atoms with Crippen molar-refractivity contribution in [1.29, 1.82) is 0 Å². The Balaban J connectivity index is 1.64. The molecule has 0 aromatic heterocycles. The summed E-state index contributed by atoms with van der Waals surface area (Å²) in [6.45, 7) is 1.74. The summed E-state index contributed by atoms with van der Waals surface area (Å²) in [5.74, 6) is 1.75. The lowest BCUT2D eigenvalue weighted by Crippen LogP contribution is -2.27. The molecule has 2 aliphatic carbocycles. The summed E-state index contributed by atoms with van der Waals surface area (Å²) in [7, 11) is 0. The fourth-order valence-electron chi connectivity index (χ4n) is 3.65. The maximum Gasteiger partial charge on any atom is 0.227 e. The predicted octanol–water partition coefficient (Wildman–Crippen LogP) is 3.26. The third-order valence-corrected chi connectivity index (χ3v) is 4.80. The number of fused-ring (bicyclic) bond motifs is 2. The van der Waals surface area contributed by atoms with E-state index in [1.54, 1.807) is 6.92 Å². The third-order valence-electron chi connectivity index (χ3n) is 4.80. The fraction of sp³-hybridized carbons (Fsp3) is 0.500. The molecule has 4 heteroatoms. The van der Waals surface area contributed by atoms with Gasteiger partial charge >= 0.3 is 0 Å². The van der Waals surface area contributed by atoms with Crippen LogP contribution in [0, 0.1) is 17.8 Å². The lowest BCUT2D eigenvalue weighted by molar-refractivity contribution is -0.121. The Morgan fingerprint density at radius 1 is 1.25 bits per heavy atom. The molecule has 2 saturated carbocycles. The highest BCUT2D eigenvalue weighted by atomic mass is 16.4. The number of carbonyl (C=O) groups excluding carboxylic acids is 1. The summed E-state index contributed by atoms with van der Waals surface area (Å²) < 4.78 is 0. The molecule has 3 unspecified atom stereocenters. The van der Waals surface area contributed by atoms with Crippen molar-refractivity contribution in [2.75, 3.05) is 5.32 Å². The van der Waals surface area contributed by atoms with Crippen molar-refractivity contribution in [2.45, 2.75) is 32.6 Å². The van der Waals surface area contributed by atoms with Crippen LogP contribution < -0.4 is 5.32 Å². The number of anilines is 1. The van der Waals surface area contributed by atoms with Gasteiger partial charge in [0.05, 0.1) is 5.71 Å². The van der Waals surface area contributed by atoms with Crippen molar-refractivity contribution in [2.24, 2.45) is 22.9 Å². The topological polar surface area (TPSA) is 61.7 Å². The Hall–Kier alpha value is -1.84. The van der Waals surface area contributed by atoms with E-state index in [1.165, 1.54) is 19.3 Å². The Labute approximate surface area is 118 Å². The van der Waals surface area contributed by atoms with Crippen LogP contribution in [0.1, 0.15) is 38.2 Å². The van der Waals surface area contributed by atoms with Crippen LogP contribution in [0.4, 0.5) is 5.69 Å². The van der Waals surface area contributed by atoms with E-state index in [0.29, 0.717) is 11.6 Å². The zero-order valence-electron chi connectivity index (χ0n) is 11.7. The lowest BCUT2D eigenvalue weighted by Gasteiger charge is -2.20. The predicted molar refractivity (Wildman–Crippen MR) is 78.0 cm³/mol. The van der Waals surface area contributed by atoms with Crippen LogP contribution in [-0.4, -0.2) is 16.8 Å². The van der Waals surface area contributed by atoms with Crippen LogP contribution in [0.3, 0.4) is 0 Å². The van der Waals surface area contributed by atoms with Crippen LogP contribution in [-0.2, 0) is 4.79 Å². The van der Waals surface area contributed by atoms with E-state index in [4.69, 9.17) is 5.21 Å². The van der Waals surface area contributed by atoms with Crippen molar-refractivity contribution in [3.63, 3.8) is 0 Å². The van der Waals surface area contributed by atoms with E-state index in [9.17, 15) is 4.79 Å². The highest BCUT2D eigenvalue weighted by molar-refractivity contribution is 5.99. The van der Waals surface area contributed by atoms with Gasteiger partial charge in [0.15, 0.2) is 0 Å². The Kier molecular flexibility index (Phi) is 3.47. The smallest absolute Gasteiger partial charge is 0.227 e. The third kappa shape index (κ3) is 2.42. The SMILES string of the molecule is CC(=NO)c1ccc(NC(=O)C2CC3CCC2C3)cc1. The largest absolute Gasteiger partial charge is 0.411 e. The number of nitrogens with zero attached hydrogens (tertiary/aromatic N) is 1. The molecule has 3 rings (SSSR count). The minimum Gasteiger partial charge on any atom is -0.411 e. The van der Waals surface area contributed by atoms with Crippen molar-refractivity contribution in [1.82, 2.24) is 0 Å². The molecule has 3 atom stereocenters. The van der Waals surface area contributed by atoms with Crippen LogP contribution >= 0.6 is 0 Å². The maximum atomic E-state index is 12.3. The molecule has 1 aromatic rings. The molecule has 1 amide bonds. The van der Waals surface area contributed by atoms with Crippen LogP contribution in [0.5, 0.6) is 0 Å². The molecule has 2 bridgehead atoms. The molecule has 2 fully saturated rings. The van der Waals surface area contributed by atoms with Gasteiger partial charge in [-0.3, -0.25) is 4.79 Å². The number of carbonyl (C=O) groups is 1. The average Bonchev–Trinajstić information content (AvgIpc) is 3.10. The Morgan fingerprint density at radius 3 is 2.55 bits per heavy atom. The average molecular weight is 272 g/mol. The molecule has 20 heavy (non-hydrogen) atoms. The van der Waals surface area contributed by atoms with Crippen LogP contribution in [0.25, 0.3) is 0 Å². The molecule has 4 nitrogen and oxygen atoms in total. The van der Waals surface area contributed by atoms with E-state index in [0.717, 1.165) is 23.6 Å². The van der Waals surface area contributed by atoms with E-state index >= 15 is 0 Å². The van der Waals surface area contributed by atoms with E-state index in [-0.39, 0.29) is 11.8 Å². The zero-order chi connectivity index (χ0) is 14.1. The summed E-state index contributed by atoms with van der Waals surface area (Å²) in [6, 6.07) is 7.42. The fourth-order valence-corrected chi connectivity index (χ4v) is 3.65. The first kappa shape index (κ1) is 13.2. The summed E-state index contributed by atoms with van der Waals surface area (Å²) in [6.07, 6.45) is 4.82. The summed E-state index contributed by atoms with van der Waals surface area (Å²) in [5.41, 5.74) is 2.23. The summed E-state index contributed by atoms with van der Waals surface area (Å²) in [4.78, 5) is 12.3. The van der Waals surface area contributed by atoms with Gasteiger partial charge in [-0.2, -0.15) is 0 Å². The molecule has 1 aromatic carbocycles. The Bertz CT molecular complexity index is 536. The molecule has 0 aliphatic heterocycles. The van der Waals surface area contributed by atoms with E-state index in [2.05, 4.69) is 10.5 Å². The number of rotatable bonds is 3. The normalized spacial score (nSPS) is 28.6. The van der Waals surface area contributed by atoms with Crippen molar-refractivity contribution < 1.29 is 10.0 Å². The second-order valence-corrected chi connectivity index (χ2v) is 6.03. The van der Waals surface area contributed by atoms with Crippen molar-refractivity contribution in [3.05, 3.63) is 29.8 Å². The minimum atomic E-state index is 0.164. The second kappa shape index (κ2) is 5.27. The second-order valence-electron chi connectivity index (χ2n) is 6.03. The quantitative estimate of drug-likeness (QED) is 0.504. The van der Waals surface area contributed by atoms with Gasteiger partial charge in [0.25, 0.3) is 0 Å². The van der Waals surface area contributed by atoms with Gasteiger partial charge in [-0.1, -0.05) is 23.7 Å². The zero-order valence-corrected chi connectivity index (χ0v) is 11.7. The molecule has 2 aliphatic rings. The molecule has 0 radical (unpaired) electrons. The highest BCUT2D eigenvalue weighted by Gasteiger charge is 2.42. The Morgan fingerprint density at radius 2 is 2.00 bits per heavy atom. The van der Waals surface area contributed by atoms with Gasteiger partial charge in [-0.05, 0) is 55.7 Å². The minimum absolute atomic E-state index is 0.164. The van der Waals surface area contributed by atoms with Gasteiger partial charge in [-0.25, -0.2) is 0 Å². The monoisotopic (exact) mass is 272 g/mol. The number of amides is 1. The van der Waals surface area contributed by atoms with Gasteiger partial charge in [0, 0.05) is 11.6 Å². The van der Waals surface area contributed by atoms with Crippen molar-refractivity contribution >= 4 is 17.3 Å². The molecular weight excluding hydrogens is 252 g/mol. The van der Waals surface area contributed by atoms with Crippen molar-refractivity contribution in [3.8, 4) is 0 Å².